The van der Waals surface area contributed by atoms with Crippen molar-refractivity contribution < 1.29 is 4.79 Å². The molecule has 0 aliphatic heterocycles. The molecular formula is C14H16N4O. The lowest BCUT2D eigenvalue weighted by Gasteiger charge is -2.15. The average Bonchev–Trinajstić information content (AvgIpc) is 2.39. The van der Waals surface area contributed by atoms with E-state index in [1.54, 1.807) is 12.3 Å². The smallest absolute Gasteiger partial charge is 0.218 e. The largest absolute Gasteiger partial charge is 0.350 e. The molecule has 0 saturated carbocycles. The average molecular weight is 256 g/mol. The minimum Gasteiger partial charge on any atom is -0.350 e. The third-order valence-electron chi connectivity index (χ3n) is 2.47. The molecular weight excluding hydrogens is 240 g/mol. The number of aromatic nitrogens is 2. The Balaban J connectivity index is 2.14. The molecule has 98 valence electrons. The number of carbonyl (C=O) groups is 1. The van der Waals surface area contributed by atoms with Crippen LogP contribution in [0.15, 0.2) is 42.6 Å². The van der Waals surface area contributed by atoms with E-state index < -0.39 is 0 Å². The number of benzene rings is 1. The second-order valence-corrected chi connectivity index (χ2v) is 4.20. The van der Waals surface area contributed by atoms with Gasteiger partial charge in [0.2, 0.25) is 5.91 Å². The summed E-state index contributed by atoms with van der Waals surface area (Å²) in [6.07, 6.45) is 1.51. The number of rotatable bonds is 4. The number of carbonyl (C=O) groups excluding carboxylic acids is 1. The molecule has 0 radical (unpaired) electrons. The fraction of sp³-hybridized carbons (Fsp3) is 0.214. The molecule has 2 aromatic rings. The highest BCUT2D eigenvalue weighted by Crippen LogP contribution is 2.15. The van der Waals surface area contributed by atoms with E-state index in [1.807, 2.05) is 37.3 Å². The van der Waals surface area contributed by atoms with E-state index >= 15 is 0 Å². The first-order chi connectivity index (χ1) is 9.15. The maximum absolute atomic E-state index is 10.9. The van der Waals surface area contributed by atoms with Crippen molar-refractivity contribution in [3.05, 3.63) is 42.6 Å². The Morgan fingerprint density at radius 3 is 2.63 bits per heavy atom. The fourth-order valence-corrected chi connectivity index (χ4v) is 1.73. The Morgan fingerprint density at radius 1 is 1.21 bits per heavy atom. The molecule has 1 heterocycles. The summed E-state index contributed by atoms with van der Waals surface area (Å²) in [5, 5.41) is 5.84. The standard InChI is InChI=1S/C14H16N4O/c1-10(16-11(2)19)17-13-8-9-15-14(18-13)12-6-4-3-5-7-12/h3-10H,1-2H3,(H,16,19)(H,15,17,18). The molecule has 0 fully saturated rings. The van der Waals surface area contributed by atoms with Crippen LogP contribution in [0, 0.1) is 0 Å². The molecule has 0 aliphatic rings. The van der Waals surface area contributed by atoms with Crippen LogP contribution in [0.5, 0.6) is 0 Å². The van der Waals surface area contributed by atoms with E-state index in [0.29, 0.717) is 11.6 Å². The summed E-state index contributed by atoms with van der Waals surface area (Å²) >= 11 is 0. The van der Waals surface area contributed by atoms with Crippen LogP contribution < -0.4 is 10.6 Å². The van der Waals surface area contributed by atoms with E-state index in [9.17, 15) is 4.79 Å². The molecule has 19 heavy (non-hydrogen) atoms. The van der Waals surface area contributed by atoms with Gasteiger partial charge in [-0.1, -0.05) is 30.3 Å². The third-order valence-corrected chi connectivity index (χ3v) is 2.47. The molecule has 5 heteroatoms. The molecule has 5 nitrogen and oxygen atoms in total. The first-order valence-electron chi connectivity index (χ1n) is 6.07. The summed E-state index contributed by atoms with van der Waals surface area (Å²) in [5.74, 6) is 1.24. The lowest BCUT2D eigenvalue weighted by molar-refractivity contribution is -0.119. The summed E-state index contributed by atoms with van der Waals surface area (Å²) in [4.78, 5) is 19.6. The highest BCUT2D eigenvalue weighted by atomic mass is 16.1. The van der Waals surface area contributed by atoms with Gasteiger partial charge in [-0.05, 0) is 13.0 Å². The Hall–Kier alpha value is -2.43. The number of amides is 1. The molecule has 1 unspecified atom stereocenters. The molecule has 1 atom stereocenters. The van der Waals surface area contributed by atoms with Gasteiger partial charge in [0.1, 0.15) is 5.82 Å². The normalized spacial score (nSPS) is 11.7. The van der Waals surface area contributed by atoms with Gasteiger partial charge in [0, 0.05) is 18.7 Å². The zero-order valence-corrected chi connectivity index (χ0v) is 10.9. The van der Waals surface area contributed by atoms with Crippen LogP contribution in [-0.4, -0.2) is 22.0 Å². The zero-order valence-electron chi connectivity index (χ0n) is 10.9. The van der Waals surface area contributed by atoms with E-state index in [-0.39, 0.29) is 12.1 Å². The van der Waals surface area contributed by atoms with Crippen LogP contribution >= 0.6 is 0 Å². The summed E-state index contributed by atoms with van der Waals surface area (Å²) in [6, 6.07) is 11.5. The van der Waals surface area contributed by atoms with Crippen LogP contribution in [-0.2, 0) is 4.79 Å². The summed E-state index contributed by atoms with van der Waals surface area (Å²) in [5.41, 5.74) is 0.957. The molecule has 0 saturated heterocycles. The van der Waals surface area contributed by atoms with Crippen LogP contribution in [0.1, 0.15) is 13.8 Å². The Bertz CT molecular complexity index is 556. The quantitative estimate of drug-likeness (QED) is 0.821. The fourth-order valence-electron chi connectivity index (χ4n) is 1.73. The molecule has 1 amide bonds. The van der Waals surface area contributed by atoms with Gasteiger partial charge in [-0.3, -0.25) is 4.79 Å². The Morgan fingerprint density at radius 2 is 1.95 bits per heavy atom. The van der Waals surface area contributed by atoms with E-state index in [2.05, 4.69) is 20.6 Å². The lowest BCUT2D eigenvalue weighted by Crippen LogP contribution is -2.36. The molecule has 1 aromatic carbocycles. The summed E-state index contributed by atoms with van der Waals surface area (Å²) in [6.45, 7) is 3.33. The minimum absolute atomic E-state index is 0.0858. The Kier molecular flexibility index (Phi) is 4.07. The van der Waals surface area contributed by atoms with Crippen LogP contribution in [0.3, 0.4) is 0 Å². The van der Waals surface area contributed by atoms with Crippen molar-refractivity contribution in [2.24, 2.45) is 0 Å². The maximum atomic E-state index is 10.9. The second-order valence-electron chi connectivity index (χ2n) is 4.20. The predicted molar refractivity (Wildman–Crippen MR) is 74.4 cm³/mol. The van der Waals surface area contributed by atoms with Crippen molar-refractivity contribution in [3.8, 4) is 11.4 Å². The van der Waals surface area contributed by atoms with Crippen molar-refractivity contribution in [1.82, 2.24) is 15.3 Å². The van der Waals surface area contributed by atoms with Gasteiger partial charge in [0.05, 0.1) is 6.17 Å². The second kappa shape index (κ2) is 5.95. The summed E-state index contributed by atoms with van der Waals surface area (Å²) < 4.78 is 0. The molecule has 1 aromatic heterocycles. The van der Waals surface area contributed by atoms with Crippen LogP contribution in [0.2, 0.25) is 0 Å². The molecule has 0 spiro atoms. The van der Waals surface area contributed by atoms with Gasteiger partial charge in [0.15, 0.2) is 5.82 Å². The first-order valence-corrected chi connectivity index (χ1v) is 6.07. The van der Waals surface area contributed by atoms with Crippen molar-refractivity contribution >= 4 is 11.7 Å². The molecule has 2 N–H and O–H groups in total. The number of nitrogens with one attached hydrogen (secondary N) is 2. The predicted octanol–water partition coefficient (Wildman–Crippen LogP) is 2.04. The van der Waals surface area contributed by atoms with Gasteiger partial charge in [-0.15, -0.1) is 0 Å². The topological polar surface area (TPSA) is 66.9 Å². The van der Waals surface area contributed by atoms with Gasteiger partial charge < -0.3 is 10.6 Å². The lowest BCUT2D eigenvalue weighted by atomic mass is 10.2. The molecule has 0 bridgehead atoms. The van der Waals surface area contributed by atoms with Gasteiger partial charge in [0.25, 0.3) is 0 Å². The van der Waals surface area contributed by atoms with Crippen molar-refractivity contribution in [1.29, 1.82) is 0 Å². The van der Waals surface area contributed by atoms with E-state index in [4.69, 9.17) is 0 Å². The minimum atomic E-state index is -0.184. The van der Waals surface area contributed by atoms with Crippen molar-refractivity contribution in [2.75, 3.05) is 5.32 Å². The molecule has 0 aliphatic carbocycles. The van der Waals surface area contributed by atoms with Crippen LogP contribution in [0.4, 0.5) is 5.82 Å². The van der Waals surface area contributed by atoms with Crippen molar-refractivity contribution in [2.45, 2.75) is 20.0 Å². The monoisotopic (exact) mass is 256 g/mol. The van der Waals surface area contributed by atoms with Crippen LogP contribution in [0.25, 0.3) is 11.4 Å². The first kappa shape index (κ1) is 13.0. The highest BCUT2D eigenvalue weighted by molar-refractivity contribution is 5.73. The SMILES string of the molecule is CC(=O)NC(C)Nc1ccnc(-c2ccccc2)n1. The number of hydrogen-bond acceptors (Lipinski definition) is 4. The number of hydrogen-bond donors (Lipinski definition) is 2. The number of anilines is 1. The van der Waals surface area contributed by atoms with Gasteiger partial charge in [-0.25, -0.2) is 9.97 Å². The maximum Gasteiger partial charge on any atom is 0.218 e. The molecule has 2 rings (SSSR count). The zero-order chi connectivity index (χ0) is 13.7. The van der Waals surface area contributed by atoms with Crippen molar-refractivity contribution in [3.63, 3.8) is 0 Å². The Labute approximate surface area is 112 Å². The summed E-state index contributed by atoms with van der Waals surface area (Å²) in [7, 11) is 0. The number of nitrogens with zero attached hydrogens (tertiary/aromatic N) is 2. The van der Waals surface area contributed by atoms with E-state index in [1.165, 1.54) is 6.92 Å². The highest BCUT2D eigenvalue weighted by Gasteiger charge is 2.06. The van der Waals surface area contributed by atoms with Gasteiger partial charge >= 0.3 is 0 Å². The van der Waals surface area contributed by atoms with E-state index in [0.717, 1.165) is 5.56 Å². The third kappa shape index (κ3) is 3.77. The van der Waals surface area contributed by atoms with Gasteiger partial charge in [-0.2, -0.15) is 0 Å².